The largest absolute Gasteiger partial charge is 0.368 e. The number of nitrogens with two attached hydrogens (primary N) is 1. The Hall–Kier alpha value is -0.570. The number of piperidine rings is 1. The minimum atomic E-state index is -0.422. The summed E-state index contributed by atoms with van der Waals surface area (Å²) in [5.41, 5.74) is 5.04. The van der Waals surface area contributed by atoms with Crippen molar-refractivity contribution >= 4 is 5.91 Å². The molecule has 1 rings (SSSR count). The van der Waals surface area contributed by atoms with Crippen molar-refractivity contribution in [3.05, 3.63) is 0 Å². The standard InChI is InChI=1S/C6H12N2O/c7-6(9)5-3-1-2-4-8-5/h5,8H,1-4H2,(H2,7,9)/i3D. The van der Waals surface area contributed by atoms with E-state index in [-0.39, 0.29) is 6.40 Å². The maximum atomic E-state index is 10.6. The van der Waals surface area contributed by atoms with E-state index in [1.807, 2.05) is 0 Å². The molecule has 0 aromatic rings. The Kier molecular flexibility index (Phi) is 1.64. The lowest BCUT2D eigenvalue weighted by Gasteiger charge is -2.19. The number of carbonyl (C=O) groups excluding carboxylic acids is 1. The van der Waals surface area contributed by atoms with E-state index in [0.717, 1.165) is 19.4 Å². The summed E-state index contributed by atoms with van der Waals surface area (Å²) in [5, 5.41) is 2.91. The fourth-order valence-electron chi connectivity index (χ4n) is 0.944. The second-order valence-electron chi connectivity index (χ2n) is 2.21. The van der Waals surface area contributed by atoms with Gasteiger partial charge in [-0.05, 0) is 19.4 Å². The Bertz CT molecular complexity index is 140. The number of hydrogen-bond donors (Lipinski definition) is 2. The summed E-state index contributed by atoms with van der Waals surface area (Å²) in [5.74, 6) is -0.403. The molecule has 9 heavy (non-hydrogen) atoms. The highest BCUT2D eigenvalue weighted by molar-refractivity contribution is 5.79. The maximum Gasteiger partial charge on any atom is 0.234 e. The monoisotopic (exact) mass is 129 g/mol. The topological polar surface area (TPSA) is 55.1 Å². The molecule has 0 radical (unpaired) electrons. The summed E-state index contributed by atoms with van der Waals surface area (Å²) < 4.78 is 7.40. The number of hydrogen-bond acceptors (Lipinski definition) is 2. The lowest BCUT2D eigenvalue weighted by Crippen LogP contribution is -2.44. The molecule has 3 nitrogen and oxygen atoms in total. The molecule has 0 saturated carbocycles. The first-order valence-corrected chi connectivity index (χ1v) is 3.17. The molecule has 2 atom stereocenters. The molecule has 3 N–H and O–H groups in total. The number of primary amides is 1. The fraction of sp³-hybridized carbons (Fsp3) is 0.833. The predicted molar refractivity (Wildman–Crippen MR) is 34.8 cm³/mol. The molecule has 3 heteroatoms. The van der Waals surface area contributed by atoms with Crippen LogP contribution in [-0.2, 0) is 4.79 Å². The van der Waals surface area contributed by atoms with Gasteiger partial charge >= 0.3 is 0 Å². The molecule has 1 amide bonds. The van der Waals surface area contributed by atoms with Crippen molar-refractivity contribution in [3.8, 4) is 0 Å². The van der Waals surface area contributed by atoms with Crippen LogP contribution in [0.25, 0.3) is 0 Å². The van der Waals surface area contributed by atoms with Crippen molar-refractivity contribution in [1.82, 2.24) is 5.32 Å². The van der Waals surface area contributed by atoms with Gasteiger partial charge in [0.15, 0.2) is 0 Å². The van der Waals surface area contributed by atoms with Gasteiger partial charge in [-0.3, -0.25) is 4.79 Å². The molecule has 1 aliphatic rings. The molecule has 0 aromatic heterocycles. The molecule has 2 unspecified atom stereocenters. The van der Waals surface area contributed by atoms with Crippen LogP contribution in [0.1, 0.15) is 20.6 Å². The zero-order valence-corrected chi connectivity index (χ0v) is 5.26. The van der Waals surface area contributed by atoms with E-state index < -0.39 is 11.9 Å². The van der Waals surface area contributed by atoms with E-state index in [9.17, 15) is 4.79 Å². The zero-order chi connectivity index (χ0) is 7.56. The molecule has 52 valence electrons. The second-order valence-corrected chi connectivity index (χ2v) is 2.21. The van der Waals surface area contributed by atoms with Crippen LogP contribution in [0.15, 0.2) is 0 Å². The van der Waals surface area contributed by atoms with Gasteiger partial charge < -0.3 is 11.1 Å². The Morgan fingerprint density at radius 2 is 2.56 bits per heavy atom. The van der Waals surface area contributed by atoms with Gasteiger partial charge in [-0.25, -0.2) is 0 Å². The van der Waals surface area contributed by atoms with Gasteiger partial charge in [0.25, 0.3) is 0 Å². The van der Waals surface area contributed by atoms with E-state index >= 15 is 0 Å². The first kappa shape index (κ1) is 5.23. The van der Waals surface area contributed by atoms with E-state index in [0.29, 0.717) is 0 Å². The SMILES string of the molecule is [2H]C1CCCNC1C(N)=O. The van der Waals surface area contributed by atoms with Crippen LogP contribution in [0.3, 0.4) is 0 Å². The lowest BCUT2D eigenvalue weighted by atomic mass is 10.1. The summed E-state index contributed by atoms with van der Waals surface area (Å²) in [6.07, 6.45) is 1.41. The Labute approximate surface area is 56.0 Å². The summed E-state index contributed by atoms with van der Waals surface area (Å²) in [7, 11) is 0. The van der Waals surface area contributed by atoms with Crippen LogP contribution in [0, 0.1) is 0 Å². The quantitative estimate of drug-likeness (QED) is 0.507. The van der Waals surface area contributed by atoms with Crippen molar-refractivity contribution in [2.75, 3.05) is 6.54 Å². The smallest absolute Gasteiger partial charge is 0.234 e. The average Bonchev–Trinajstić information content (AvgIpc) is 1.88. The third kappa shape index (κ3) is 1.68. The van der Waals surface area contributed by atoms with Crippen molar-refractivity contribution in [2.45, 2.75) is 25.3 Å². The molecule has 1 heterocycles. The molecule has 1 saturated heterocycles. The fourth-order valence-corrected chi connectivity index (χ4v) is 0.944. The van der Waals surface area contributed by atoms with Gasteiger partial charge in [0.1, 0.15) is 0 Å². The second kappa shape index (κ2) is 2.82. The van der Waals surface area contributed by atoms with Gasteiger partial charge in [0, 0.05) is 1.37 Å². The third-order valence-electron chi connectivity index (χ3n) is 1.45. The number of nitrogens with one attached hydrogen (secondary N) is 1. The van der Waals surface area contributed by atoms with Gasteiger partial charge in [-0.1, -0.05) is 6.42 Å². The molecule has 0 aliphatic carbocycles. The van der Waals surface area contributed by atoms with Crippen LogP contribution in [0.2, 0.25) is 0 Å². The highest BCUT2D eigenvalue weighted by atomic mass is 16.1. The summed E-state index contributed by atoms with van der Waals surface area (Å²) in [6, 6.07) is -0.422. The van der Waals surface area contributed by atoms with Gasteiger partial charge in [0.2, 0.25) is 5.91 Å². The van der Waals surface area contributed by atoms with Crippen molar-refractivity contribution in [2.24, 2.45) is 5.73 Å². The number of rotatable bonds is 1. The molecule has 0 spiro atoms. The predicted octanol–water partition coefficient (Wildman–Crippen LogP) is -0.386. The Balaban J connectivity index is 2.47. The van der Waals surface area contributed by atoms with Crippen LogP contribution in [0.5, 0.6) is 0 Å². The Morgan fingerprint density at radius 3 is 3.00 bits per heavy atom. The lowest BCUT2D eigenvalue weighted by molar-refractivity contribution is -0.120. The van der Waals surface area contributed by atoms with Crippen LogP contribution >= 0.6 is 0 Å². The highest BCUT2D eigenvalue weighted by Crippen LogP contribution is 2.05. The minimum Gasteiger partial charge on any atom is -0.368 e. The molecule has 1 aliphatic heterocycles. The molecule has 0 bridgehead atoms. The summed E-state index contributed by atoms with van der Waals surface area (Å²) in [6.45, 7) is 0.809. The third-order valence-corrected chi connectivity index (χ3v) is 1.45. The van der Waals surface area contributed by atoms with Gasteiger partial charge in [0.05, 0.1) is 6.04 Å². The maximum absolute atomic E-state index is 10.6. The number of carbonyl (C=O) groups is 1. The van der Waals surface area contributed by atoms with Crippen LogP contribution in [-0.4, -0.2) is 18.5 Å². The zero-order valence-electron chi connectivity index (χ0n) is 6.26. The van der Waals surface area contributed by atoms with Crippen molar-refractivity contribution in [1.29, 1.82) is 0 Å². The Morgan fingerprint density at radius 1 is 1.78 bits per heavy atom. The van der Waals surface area contributed by atoms with Crippen LogP contribution < -0.4 is 11.1 Å². The van der Waals surface area contributed by atoms with Gasteiger partial charge in [-0.2, -0.15) is 0 Å². The van der Waals surface area contributed by atoms with Crippen LogP contribution in [0.4, 0.5) is 0 Å². The molecular formula is C6H12N2O. The summed E-state index contributed by atoms with van der Waals surface area (Å²) >= 11 is 0. The van der Waals surface area contributed by atoms with Gasteiger partial charge in [-0.15, -0.1) is 0 Å². The average molecular weight is 129 g/mol. The first-order chi connectivity index (χ1) is 4.72. The van der Waals surface area contributed by atoms with E-state index in [1.54, 1.807) is 0 Å². The number of amides is 1. The van der Waals surface area contributed by atoms with E-state index in [2.05, 4.69) is 5.32 Å². The van der Waals surface area contributed by atoms with Crippen molar-refractivity contribution in [3.63, 3.8) is 0 Å². The summed E-state index contributed by atoms with van der Waals surface area (Å²) in [4.78, 5) is 10.6. The normalized spacial score (nSPS) is 37.6. The minimum absolute atomic E-state index is 0.341. The molecule has 0 aromatic carbocycles. The molecule has 1 fully saturated rings. The van der Waals surface area contributed by atoms with E-state index in [4.69, 9.17) is 7.10 Å². The first-order valence-electron chi connectivity index (χ1n) is 3.74. The highest BCUT2D eigenvalue weighted by Gasteiger charge is 2.16. The molecular weight excluding hydrogens is 116 g/mol. The van der Waals surface area contributed by atoms with Crippen molar-refractivity contribution < 1.29 is 6.17 Å². The van der Waals surface area contributed by atoms with E-state index in [1.165, 1.54) is 0 Å².